The second kappa shape index (κ2) is 5.84. The van der Waals surface area contributed by atoms with Crippen molar-refractivity contribution in [2.45, 2.75) is 13.8 Å². The van der Waals surface area contributed by atoms with Gasteiger partial charge in [0.2, 0.25) is 0 Å². The number of aryl methyl sites for hydroxylation is 1. The fourth-order valence-electron chi connectivity index (χ4n) is 1.84. The smallest absolute Gasteiger partial charge is 0.323 e. The zero-order valence-corrected chi connectivity index (χ0v) is 12.1. The van der Waals surface area contributed by atoms with Gasteiger partial charge in [0.25, 0.3) is 0 Å². The fraction of sp³-hybridized carbons (Fsp3) is 0.133. The Labute approximate surface area is 122 Å². The Balaban J connectivity index is 2.15. The average Bonchev–Trinajstić information content (AvgIpc) is 2.39. The molecule has 0 radical (unpaired) electrons. The molecule has 2 rings (SSSR count). The number of carbonyl (C=O) groups excluding carboxylic acids is 1. The largest absolute Gasteiger partial charge is 0.397 e. The lowest BCUT2D eigenvalue weighted by atomic mass is 10.1. The zero-order chi connectivity index (χ0) is 14.7. The first-order chi connectivity index (χ1) is 9.47. The van der Waals surface area contributed by atoms with Crippen LogP contribution in [0, 0.1) is 13.8 Å². The number of hydrogen-bond donors (Lipinski definition) is 3. The molecule has 0 aliphatic heterocycles. The lowest BCUT2D eigenvalue weighted by molar-refractivity contribution is 0.262. The normalized spacial score (nSPS) is 10.2. The predicted octanol–water partition coefficient (Wildman–Crippen LogP) is 4.18. The topological polar surface area (TPSA) is 67.1 Å². The van der Waals surface area contributed by atoms with Crippen LogP contribution in [0.25, 0.3) is 0 Å². The monoisotopic (exact) mass is 289 g/mol. The minimum absolute atomic E-state index is 0.354. The van der Waals surface area contributed by atoms with Crippen molar-refractivity contribution in [3.8, 4) is 0 Å². The molecular formula is C15H16ClN3O. The van der Waals surface area contributed by atoms with Crippen LogP contribution in [0.2, 0.25) is 5.02 Å². The first kappa shape index (κ1) is 14.2. The number of nitrogen functional groups attached to an aromatic ring is 1. The van der Waals surface area contributed by atoms with Crippen molar-refractivity contribution in [3.63, 3.8) is 0 Å². The molecule has 20 heavy (non-hydrogen) atoms. The third-order valence-corrected chi connectivity index (χ3v) is 3.32. The number of amides is 2. The molecule has 0 aromatic heterocycles. The minimum Gasteiger partial charge on any atom is -0.397 e. The summed E-state index contributed by atoms with van der Waals surface area (Å²) in [4.78, 5) is 12.0. The van der Waals surface area contributed by atoms with Crippen LogP contribution < -0.4 is 16.4 Å². The molecule has 2 aromatic carbocycles. The Morgan fingerprint density at radius 1 is 1.15 bits per heavy atom. The van der Waals surface area contributed by atoms with Crippen molar-refractivity contribution < 1.29 is 4.79 Å². The van der Waals surface area contributed by atoms with Crippen molar-refractivity contribution >= 4 is 34.7 Å². The highest BCUT2D eigenvalue weighted by Crippen LogP contribution is 2.26. The van der Waals surface area contributed by atoms with Gasteiger partial charge in [0.15, 0.2) is 0 Å². The van der Waals surface area contributed by atoms with E-state index in [0.717, 1.165) is 11.1 Å². The number of benzene rings is 2. The summed E-state index contributed by atoms with van der Waals surface area (Å²) in [5.74, 6) is 0. The lowest BCUT2D eigenvalue weighted by Gasteiger charge is -2.14. The van der Waals surface area contributed by atoms with Crippen molar-refractivity contribution in [3.05, 3.63) is 52.5 Å². The SMILES string of the molecule is Cc1ccc(N)c(NC(=O)Nc2cccc(Cl)c2)c1C. The minimum atomic E-state index is -0.354. The van der Waals surface area contributed by atoms with E-state index in [9.17, 15) is 4.79 Å². The maximum Gasteiger partial charge on any atom is 0.323 e. The summed E-state index contributed by atoms with van der Waals surface area (Å²) < 4.78 is 0. The van der Waals surface area contributed by atoms with Gasteiger partial charge in [-0.1, -0.05) is 23.7 Å². The van der Waals surface area contributed by atoms with Crippen LogP contribution in [0.15, 0.2) is 36.4 Å². The summed E-state index contributed by atoms with van der Waals surface area (Å²) in [6, 6.07) is 10.3. The molecule has 5 heteroatoms. The second-order valence-electron chi connectivity index (χ2n) is 4.56. The molecule has 0 fully saturated rings. The van der Waals surface area contributed by atoms with Gasteiger partial charge in [-0.3, -0.25) is 0 Å². The molecule has 4 nitrogen and oxygen atoms in total. The quantitative estimate of drug-likeness (QED) is 0.726. The summed E-state index contributed by atoms with van der Waals surface area (Å²) >= 11 is 5.87. The van der Waals surface area contributed by atoms with Crippen molar-refractivity contribution in [1.82, 2.24) is 0 Å². The molecule has 104 valence electrons. The van der Waals surface area contributed by atoms with E-state index in [4.69, 9.17) is 17.3 Å². The molecule has 0 aliphatic rings. The molecule has 0 spiro atoms. The molecule has 4 N–H and O–H groups in total. The van der Waals surface area contributed by atoms with E-state index in [1.54, 1.807) is 30.3 Å². The first-order valence-electron chi connectivity index (χ1n) is 6.16. The summed E-state index contributed by atoms with van der Waals surface area (Å²) in [6.07, 6.45) is 0. The van der Waals surface area contributed by atoms with Gasteiger partial charge in [0.05, 0.1) is 11.4 Å². The third kappa shape index (κ3) is 3.22. The van der Waals surface area contributed by atoms with Gasteiger partial charge in [-0.2, -0.15) is 0 Å². The van der Waals surface area contributed by atoms with Gasteiger partial charge in [-0.05, 0) is 49.2 Å². The number of rotatable bonds is 2. The van der Waals surface area contributed by atoms with Gasteiger partial charge < -0.3 is 16.4 Å². The maximum atomic E-state index is 12.0. The van der Waals surface area contributed by atoms with Crippen LogP contribution in [0.3, 0.4) is 0 Å². The van der Waals surface area contributed by atoms with E-state index in [1.807, 2.05) is 19.9 Å². The number of nitrogens with two attached hydrogens (primary N) is 1. The standard InChI is InChI=1S/C15H16ClN3O/c1-9-6-7-13(17)14(10(9)2)19-15(20)18-12-5-3-4-11(16)8-12/h3-8H,17H2,1-2H3,(H2,18,19,20). The Bertz CT molecular complexity index is 656. The maximum absolute atomic E-state index is 12.0. The van der Waals surface area contributed by atoms with Crippen LogP contribution in [0.4, 0.5) is 21.9 Å². The summed E-state index contributed by atoms with van der Waals surface area (Å²) in [6.45, 7) is 3.88. The summed E-state index contributed by atoms with van der Waals surface area (Å²) in [5.41, 5.74) is 9.70. The molecule has 0 heterocycles. The van der Waals surface area contributed by atoms with Crippen LogP contribution in [-0.2, 0) is 0 Å². The molecule has 0 saturated carbocycles. The molecule has 2 amide bonds. The highest BCUT2D eigenvalue weighted by molar-refractivity contribution is 6.30. The Morgan fingerprint density at radius 3 is 2.60 bits per heavy atom. The van der Waals surface area contributed by atoms with Gasteiger partial charge in [0.1, 0.15) is 0 Å². The van der Waals surface area contributed by atoms with Gasteiger partial charge in [-0.15, -0.1) is 0 Å². The number of urea groups is 1. The van der Waals surface area contributed by atoms with Crippen molar-refractivity contribution in [1.29, 1.82) is 0 Å². The molecule has 0 saturated heterocycles. The number of hydrogen-bond acceptors (Lipinski definition) is 2. The highest BCUT2D eigenvalue weighted by Gasteiger charge is 2.09. The number of carbonyl (C=O) groups is 1. The zero-order valence-electron chi connectivity index (χ0n) is 11.3. The van der Waals surface area contributed by atoms with Gasteiger partial charge in [-0.25, -0.2) is 4.79 Å². The summed E-state index contributed by atoms with van der Waals surface area (Å²) in [5, 5.41) is 6.05. The Morgan fingerprint density at radius 2 is 1.90 bits per heavy atom. The Kier molecular flexibility index (Phi) is 4.15. The highest BCUT2D eigenvalue weighted by atomic mass is 35.5. The molecule has 0 aliphatic carbocycles. The number of halogens is 1. The van der Waals surface area contributed by atoms with Gasteiger partial charge in [0, 0.05) is 10.7 Å². The number of anilines is 3. The van der Waals surface area contributed by atoms with Gasteiger partial charge >= 0.3 is 6.03 Å². The van der Waals surface area contributed by atoms with E-state index >= 15 is 0 Å². The van der Waals surface area contributed by atoms with Crippen LogP contribution in [0.5, 0.6) is 0 Å². The van der Waals surface area contributed by atoms with Crippen LogP contribution in [-0.4, -0.2) is 6.03 Å². The van der Waals surface area contributed by atoms with Crippen molar-refractivity contribution in [2.24, 2.45) is 0 Å². The predicted molar refractivity (Wildman–Crippen MR) is 84.4 cm³/mol. The molecule has 2 aromatic rings. The number of nitrogens with one attached hydrogen (secondary N) is 2. The molecule has 0 unspecified atom stereocenters. The van der Waals surface area contributed by atoms with Crippen LogP contribution in [0.1, 0.15) is 11.1 Å². The molecule has 0 bridgehead atoms. The molecular weight excluding hydrogens is 274 g/mol. The van der Waals surface area contributed by atoms with E-state index < -0.39 is 0 Å². The molecule has 0 atom stereocenters. The Hall–Kier alpha value is -2.20. The average molecular weight is 290 g/mol. The van der Waals surface area contributed by atoms with E-state index in [1.165, 1.54) is 0 Å². The summed E-state index contributed by atoms with van der Waals surface area (Å²) in [7, 11) is 0. The second-order valence-corrected chi connectivity index (χ2v) is 5.00. The fourth-order valence-corrected chi connectivity index (χ4v) is 2.04. The van der Waals surface area contributed by atoms with Crippen LogP contribution >= 0.6 is 11.6 Å². The van der Waals surface area contributed by atoms with Crippen molar-refractivity contribution in [2.75, 3.05) is 16.4 Å². The lowest BCUT2D eigenvalue weighted by Crippen LogP contribution is -2.21. The van der Waals surface area contributed by atoms with E-state index in [2.05, 4.69) is 10.6 Å². The third-order valence-electron chi connectivity index (χ3n) is 3.09. The van der Waals surface area contributed by atoms with E-state index in [-0.39, 0.29) is 6.03 Å². The van der Waals surface area contributed by atoms with E-state index in [0.29, 0.717) is 22.1 Å². The first-order valence-corrected chi connectivity index (χ1v) is 6.54.